The van der Waals surface area contributed by atoms with Crippen LogP contribution >= 0.6 is 0 Å². The van der Waals surface area contributed by atoms with Gasteiger partial charge in [0, 0.05) is 12.6 Å². The Morgan fingerprint density at radius 3 is 2.81 bits per heavy atom. The maximum atomic E-state index is 13.3. The molecule has 0 saturated carbocycles. The molecular weight excluding hydrogens is 273 g/mol. The number of nitrogens with one attached hydrogen (secondary N) is 1. The predicted molar refractivity (Wildman–Crippen MR) is 78.6 cm³/mol. The molecule has 5 nitrogen and oxygen atoms in total. The molecule has 21 heavy (non-hydrogen) atoms. The number of aryl methyl sites for hydroxylation is 1. The monoisotopic (exact) mass is 291 g/mol. The van der Waals surface area contributed by atoms with Gasteiger partial charge in [0.15, 0.2) is 5.82 Å². The average molecular weight is 291 g/mol. The van der Waals surface area contributed by atoms with Crippen molar-refractivity contribution in [3.05, 3.63) is 35.9 Å². The molecule has 0 saturated heterocycles. The van der Waals surface area contributed by atoms with E-state index in [0.29, 0.717) is 17.3 Å². The highest BCUT2D eigenvalue weighted by molar-refractivity contribution is 5.56. The topological polar surface area (TPSA) is 56.3 Å². The fourth-order valence-corrected chi connectivity index (χ4v) is 1.77. The van der Waals surface area contributed by atoms with Crippen molar-refractivity contribution < 1.29 is 13.9 Å². The molecule has 112 valence electrons. The van der Waals surface area contributed by atoms with Gasteiger partial charge in [-0.05, 0) is 25.0 Å². The van der Waals surface area contributed by atoms with Crippen molar-refractivity contribution in [1.82, 2.24) is 9.97 Å². The third kappa shape index (κ3) is 3.59. The minimum absolute atomic E-state index is 0.250. The number of hydrogen-bond donors (Lipinski definition) is 1. The van der Waals surface area contributed by atoms with E-state index in [1.807, 2.05) is 13.8 Å². The number of methoxy groups -OCH3 is 1. The van der Waals surface area contributed by atoms with Crippen LogP contribution in [0.25, 0.3) is 0 Å². The van der Waals surface area contributed by atoms with Crippen LogP contribution in [0, 0.1) is 12.7 Å². The van der Waals surface area contributed by atoms with Crippen molar-refractivity contribution in [3.8, 4) is 17.4 Å². The van der Waals surface area contributed by atoms with Crippen molar-refractivity contribution in [2.24, 2.45) is 0 Å². The fraction of sp³-hybridized carbons (Fsp3) is 0.333. The van der Waals surface area contributed by atoms with E-state index in [9.17, 15) is 4.39 Å². The van der Waals surface area contributed by atoms with Crippen LogP contribution in [0.15, 0.2) is 24.5 Å². The van der Waals surface area contributed by atoms with Crippen LogP contribution in [0.2, 0.25) is 0 Å². The Balaban J connectivity index is 2.33. The van der Waals surface area contributed by atoms with Crippen molar-refractivity contribution >= 4 is 5.82 Å². The Morgan fingerprint density at radius 2 is 2.10 bits per heavy atom. The zero-order valence-corrected chi connectivity index (χ0v) is 12.3. The van der Waals surface area contributed by atoms with Gasteiger partial charge in [-0.1, -0.05) is 13.0 Å². The number of halogens is 1. The first kappa shape index (κ1) is 15.0. The molecule has 2 rings (SSSR count). The number of benzene rings is 1. The summed E-state index contributed by atoms with van der Waals surface area (Å²) in [5, 5.41) is 3.14. The lowest BCUT2D eigenvalue weighted by Crippen LogP contribution is -2.06. The van der Waals surface area contributed by atoms with Crippen LogP contribution in [0.4, 0.5) is 10.2 Å². The smallest absolute Gasteiger partial charge is 0.268 e. The second-order valence-corrected chi connectivity index (χ2v) is 4.50. The van der Waals surface area contributed by atoms with Crippen LogP contribution in [-0.4, -0.2) is 23.6 Å². The van der Waals surface area contributed by atoms with E-state index in [0.717, 1.165) is 18.5 Å². The molecule has 6 heteroatoms. The molecule has 0 aliphatic rings. The van der Waals surface area contributed by atoms with Crippen LogP contribution in [0.1, 0.15) is 18.9 Å². The Morgan fingerprint density at radius 1 is 1.29 bits per heavy atom. The third-order valence-electron chi connectivity index (χ3n) is 2.87. The van der Waals surface area contributed by atoms with Crippen molar-refractivity contribution in [2.45, 2.75) is 20.3 Å². The van der Waals surface area contributed by atoms with Crippen LogP contribution in [-0.2, 0) is 0 Å². The first-order valence-electron chi connectivity index (χ1n) is 6.72. The summed E-state index contributed by atoms with van der Waals surface area (Å²) in [5.41, 5.74) is 0.806. The normalized spacial score (nSPS) is 10.3. The summed E-state index contributed by atoms with van der Waals surface area (Å²) in [6.07, 6.45) is 2.33. The molecule has 0 amide bonds. The lowest BCUT2D eigenvalue weighted by atomic mass is 10.2. The second-order valence-electron chi connectivity index (χ2n) is 4.50. The molecule has 1 N–H and O–H groups in total. The van der Waals surface area contributed by atoms with E-state index < -0.39 is 0 Å². The van der Waals surface area contributed by atoms with Gasteiger partial charge in [-0.25, -0.2) is 9.37 Å². The van der Waals surface area contributed by atoms with Gasteiger partial charge in [-0.3, -0.25) is 0 Å². The Hall–Kier alpha value is -2.37. The van der Waals surface area contributed by atoms with Gasteiger partial charge in [0.1, 0.15) is 17.9 Å². The molecule has 1 aromatic heterocycles. The minimum atomic E-state index is -0.368. The van der Waals surface area contributed by atoms with E-state index in [4.69, 9.17) is 9.47 Å². The van der Waals surface area contributed by atoms with Gasteiger partial charge in [0.2, 0.25) is 5.75 Å². The van der Waals surface area contributed by atoms with Crippen molar-refractivity contribution in [3.63, 3.8) is 0 Å². The summed E-state index contributed by atoms with van der Waals surface area (Å²) < 4.78 is 24.3. The fourth-order valence-electron chi connectivity index (χ4n) is 1.77. The molecule has 1 aromatic carbocycles. The highest BCUT2D eigenvalue weighted by atomic mass is 19.1. The zero-order valence-electron chi connectivity index (χ0n) is 12.3. The largest absolute Gasteiger partial charge is 0.489 e. The zero-order chi connectivity index (χ0) is 15.2. The van der Waals surface area contributed by atoms with Crippen molar-refractivity contribution in [1.29, 1.82) is 0 Å². The Kier molecular flexibility index (Phi) is 4.92. The number of hydrogen-bond acceptors (Lipinski definition) is 5. The summed E-state index contributed by atoms with van der Waals surface area (Å²) in [5.74, 6) is 1.23. The number of anilines is 1. The summed E-state index contributed by atoms with van der Waals surface area (Å²) in [6.45, 7) is 4.64. The Bertz CT molecular complexity index is 620. The summed E-state index contributed by atoms with van der Waals surface area (Å²) in [7, 11) is 1.51. The summed E-state index contributed by atoms with van der Waals surface area (Å²) in [6, 6.07) is 4.35. The van der Waals surface area contributed by atoms with Crippen LogP contribution < -0.4 is 14.8 Å². The van der Waals surface area contributed by atoms with Crippen LogP contribution in [0.5, 0.6) is 17.4 Å². The number of nitrogens with zero attached hydrogens (tertiary/aromatic N) is 2. The molecule has 0 fully saturated rings. The average Bonchev–Trinajstić information content (AvgIpc) is 2.49. The molecule has 0 bridgehead atoms. The minimum Gasteiger partial charge on any atom is -0.489 e. The number of aromatic nitrogens is 2. The van der Waals surface area contributed by atoms with E-state index >= 15 is 0 Å². The first-order valence-corrected chi connectivity index (χ1v) is 6.72. The molecule has 1 heterocycles. The van der Waals surface area contributed by atoms with Gasteiger partial charge in [-0.2, -0.15) is 4.98 Å². The summed E-state index contributed by atoms with van der Waals surface area (Å²) >= 11 is 0. The predicted octanol–water partition coefficient (Wildman–Crippen LogP) is 3.55. The quantitative estimate of drug-likeness (QED) is 0.882. The molecule has 0 atom stereocenters. The maximum Gasteiger partial charge on any atom is 0.268 e. The third-order valence-corrected chi connectivity index (χ3v) is 2.87. The molecule has 0 aliphatic carbocycles. The molecular formula is C15H18FN3O2. The SMILES string of the molecule is CCCNc1ncnc(Oc2cc(F)ccc2C)c1OC. The van der Waals surface area contributed by atoms with E-state index in [1.165, 1.54) is 25.6 Å². The van der Waals surface area contributed by atoms with Gasteiger partial charge >= 0.3 is 0 Å². The molecule has 2 aromatic rings. The lowest BCUT2D eigenvalue weighted by Gasteiger charge is -2.14. The van der Waals surface area contributed by atoms with Gasteiger partial charge in [-0.15, -0.1) is 0 Å². The molecule has 0 spiro atoms. The Labute approximate surface area is 123 Å². The highest BCUT2D eigenvalue weighted by Crippen LogP contribution is 2.35. The molecule has 0 unspecified atom stereocenters. The van der Waals surface area contributed by atoms with Crippen molar-refractivity contribution in [2.75, 3.05) is 19.0 Å². The van der Waals surface area contributed by atoms with E-state index in [-0.39, 0.29) is 11.7 Å². The highest BCUT2D eigenvalue weighted by Gasteiger charge is 2.15. The van der Waals surface area contributed by atoms with Gasteiger partial charge in [0.25, 0.3) is 5.88 Å². The molecule has 0 aliphatic heterocycles. The number of ether oxygens (including phenoxy) is 2. The summed E-state index contributed by atoms with van der Waals surface area (Å²) in [4.78, 5) is 8.19. The standard InChI is InChI=1S/C15H18FN3O2/c1-4-7-17-14-13(20-3)15(19-9-18-14)21-12-8-11(16)6-5-10(12)2/h5-6,8-9H,4,7H2,1-3H3,(H,17,18,19). The van der Waals surface area contributed by atoms with E-state index in [1.54, 1.807) is 6.07 Å². The first-order chi connectivity index (χ1) is 10.2. The maximum absolute atomic E-state index is 13.3. The molecule has 0 radical (unpaired) electrons. The van der Waals surface area contributed by atoms with Gasteiger partial charge < -0.3 is 14.8 Å². The lowest BCUT2D eigenvalue weighted by molar-refractivity contribution is 0.367. The van der Waals surface area contributed by atoms with Gasteiger partial charge in [0.05, 0.1) is 7.11 Å². The van der Waals surface area contributed by atoms with E-state index in [2.05, 4.69) is 15.3 Å². The second kappa shape index (κ2) is 6.88. The number of rotatable bonds is 6. The van der Waals surface area contributed by atoms with Crippen LogP contribution in [0.3, 0.4) is 0 Å².